The zero-order valence-electron chi connectivity index (χ0n) is 19.3. The number of aldehydes is 1. The Morgan fingerprint density at radius 3 is 2.28 bits per heavy atom. The van der Waals surface area contributed by atoms with Crippen LogP contribution in [0.3, 0.4) is 0 Å². The number of benzene rings is 1. The summed E-state index contributed by atoms with van der Waals surface area (Å²) in [5.41, 5.74) is 0.354. The topological polar surface area (TPSA) is 73.9 Å². The van der Waals surface area contributed by atoms with E-state index in [4.69, 9.17) is 14.2 Å². The minimum Gasteiger partial charge on any atom is -0.496 e. The molecule has 6 nitrogen and oxygen atoms in total. The average molecular weight is 408 g/mol. The van der Waals surface area contributed by atoms with E-state index < -0.39 is 17.2 Å². The molecule has 1 rings (SSSR count). The third-order valence-corrected chi connectivity index (χ3v) is 4.66. The Balaban J connectivity index is 2.94. The van der Waals surface area contributed by atoms with Gasteiger partial charge in [-0.15, -0.1) is 0 Å². The predicted molar refractivity (Wildman–Crippen MR) is 115 cm³/mol. The van der Waals surface area contributed by atoms with Crippen molar-refractivity contribution < 1.29 is 23.8 Å². The van der Waals surface area contributed by atoms with Crippen molar-refractivity contribution in [2.24, 2.45) is 5.92 Å². The largest absolute Gasteiger partial charge is 0.496 e. The van der Waals surface area contributed by atoms with E-state index in [1.807, 2.05) is 19.9 Å². The molecule has 164 valence electrons. The average Bonchev–Trinajstić information content (AvgIpc) is 2.59. The first kappa shape index (κ1) is 25.0. The molecule has 1 aromatic carbocycles. The predicted octanol–water partition coefficient (Wildman–Crippen LogP) is 4.63. The highest BCUT2D eigenvalue weighted by Gasteiger charge is 2.32. The molecule has 0 aliphatic rings. The Morgan fingerprint density at radius 1 is 1.17 bits per heavy atom. The minimum absolute atomic E-state index is 0.0360. The summed E-state index contributed by atoms with van der Waals surface area (Å²) in [5, 5.41) is 2.61. The van der Waals surface area contributed by atoms with Gasteiger partial charge >= 0.3 is 6.09 Å². The van der Waals surface area contributed by atoms with E-state index in [0.717, 1.165) is 16.9 Å². The fourth-order valence-electron chi connectivity index (χ4n) is 3.29. The number of rotatable bonds is 9. The van der Waals surface area contributed by atoms with E-state index in [-0.39, 0.29) is 24.5 Å². The molecule has 3 atom stereocenters. The number of hydrogen-bond acceptors (Lipinski definition) is 5. The van der Waals surface area contributed by atoms with Crippen LogP contribution in [-0.4, -0.2) is 43.3 Å². The Hall–Kier alpha value is -2.08. The number of hydrogen-bond donors (Lipinski definition) is 1. The van der Waals surface area contributed by atoms with E-state index in [2.05, 4.69) is 31.3 Å². The van der Waals surface area contributed by atoms with Crippen molar-refractivity contribution in [3.63, 3.8) is 0 Å². The van der Waals surface area contributed by atoms with Gasteiger partial charge in [0.1, 0.15) is 23.2 Å². The fourth-order valence-corrected chi connectivity index (χ4v) is 3.29. The molecule has 29 heavy (non-hydrogen) atoms. The number of aryl methyl sites for hydroxylation is 1. The van der Waals surface area contributed by atoms with Crippen LogP contribution in [0.1, 0.15) is 65.5 Å². The second-order valence-electron chi connectivity index (χ2n) is 9.19. The van der Waals surface area contributed by atoms with Gasteiger partial charge in [-0.1, -0.05) is 26.0 Å². The van der Waals surface area contributed by atoms with Crippen LogP contribution in [0.4, 0.5) is 4.79 Å². The number of ether oxygens (including phenoxy) is 3. The summed E-state index contributed by atoms with van der Waals surface area (Å²) in [4.78, 5) is 23.8. The monoisotopic (exact) mass is 407 g/mol. The van der Waals surface area contributed by atoms with Gasteiger partial charge in [-0.25, -0.2) is 4.79 Å². The van der Waals surface area contributed by atoms with Crippen molar-refractivity contribution >= 4 is 12.4 Å². The molecule has 0 aromatic heterocycles. The van der Waals surface area contributed by atoms with Gasteiger partial charge < -0.3 is 24.3 Å². The fraction of sp³-hybridized carbons (Fsp3) is 0.652. The summed E-state index contributed by atoms with van der Waals surface area (Å²) in [7, 11) is 1.66. The lowest BCUT2D eigenvalue weighted by Crippen LogP contribution is -2.53. The second kappa shape index (κ2) is 10.1. The normalized spacial score (nSPS) is 15.9. The van der Waals surface area contributed by atoms with Gasteiger partial charge in [0.25, 0.3) is 0 Å². The minimum atomic E-state index is -1.19. The van der Waals surface area contributed by atoms with Crippen molar-refractivity contribution in [2.75, 3.05) is 13.7 Å². The van der Waals surface area contributed by atoms with E-state index >= 15 is 0 Å². The molecule has 0 spiro atoms. The standard InChI is InChI=1S/C23H37NO5/c1-15(2)20(18-11-10-16(3)12-19(18)27-9)17(4)28-14-23(8,13-25)24-21(26)29-22(5,6)7/h10-13,15,17,20H,14H2,1-9H3,(H,24,26)/t17-,20+,23+/m0/s1. The summed E-state index contributed by atoms with van der Waals surface area (Å²) in [5.74, 6) is 1.16. The SMILES string of the molecule is COc1cc(C)ccc1[C@H](C(C)C)[C@H](C)OC[C@@](C)(C=O)NC(=O)OC(C)(C)C. The van der Waals surface area contributed by atoms with Crippen molar-refractivity contribution in [1.29, 1.82) is 0 Å². The van der Waals surface area contributed by atoms with Gasteiger partial charge in [-0.3, -0.25) is 0 Å². The number of carbonyl (C=O) groups is 2. The molecule has 0 aliphatic heterocycles. The van der Waals surface area contributed by atoms with Crippen LogP contribution in [-0.2, 0) is 14.3 Å². The molecular formula is C23H37NO5. The van der Waals surface area contributed by atoms with Gasteiger partial charge in [-0.05, 0) is 59.1 Å². The molecule has 0 fully saturated rings. The quantitative estimate of drug-likeness (QED) is 0.604. The van der Waals surface area contributed by atoms with Crippen LogP contribution in [0.25, 0.3) is 0 Å². The first-order valence-corrected chi connectivity index (χ1v) is 10.1. The van der Waals surface area contributed by atoms with Crippen molar-refractivity contribution in [2.45, 2.75) is 78.6 Å². The number of nitrogens with one attached hydrogen (secondary N) is 1. The Labute approximate surface area is 175 Å². The molecule has 0 saturated heterocycles. The van der Waals surface area contributed by atoms with Gasteiger partial charge in [0.05, 0.1) is 19.8 Å². The Bertz CT molecular complexity index is 695. The van der Waals surface area contributed by atoms with E-state index in [9.17, 15) is 9.59 Å². The highest BCUT2D eigenvalue weighted by atomic mass is 16.6. The smallest absolute Gasteiger partial charge is 0.408 e. The first-order chi connectivity index (χ1) is 13.3. The van der Waals surface area contributed by atoms with E-state index in [1.54, 1.807) is 34.8 Å². The summed E-state index contributed by atoms with van der Waals surface area (Å²) >= 11 is 0. The zero-order chi connectivity index (χ0) is 22.4. The van der Waals surface area contributed by atoms with E-state index in [1.165, 1.54) is 0 Å². The Morgan fingerprint density at radius 2 is 1.79 bits per heavy atom. The zero-order valence-corrected chi connectivity index (χ0v) is 19.3. The maximum Gasteiger partial charge on any atom is 0.408 e. The van der Waals surface area contributed by atoms with Crippen molar-refractivity contribution in [3.8, 4) is 5.75 Å². The molecule has 0 aliphatic carbocycles. The molecule has 0 bridgehead atoms. The molecule has 0 heterocycles. The van der Waals surface area contributed by atoms with Crippen molar-refractivity contribution in [1.82, 2.24) is 5.32 Å². The summed E-state index contributed by atoms with van der Waals surface area (Å²) in [6, 6.07) is 6.13. The van der Waals surface area contributed by atoms with Crippen LogP contribution in [0, 0.1) is 12.8 Å². The molecule has 0 unspecified atom stereocenters. The van der Waals surface area contributed by atoms with Crippen LogP contribution in [0.15, 0.2) is 18.2 Å². The highest BCUT2D eigenvalue weighted by Crippen LogP contribution is 2.36. The van der Waals surface area contributed by atoms with Gasteiger partial charge in [0, 0.05) is 11.5 Å². The molecule has 6 heteroatoms. The van der Waals surface area contributed by atoms with Crippen LogP contribution >= 0.6 is 0 Å². The molecule has 0 radical (unpaired) electrons. The molecular weight excluding hydrogens is 370 g/mol. The second-order valence-corrected chi connectivity index (χ2v) is 9.19. The number of alkyl carbamates (subject to hydrolysis) is 1. The lowest BCUT2D eigenvalue weighted by molar-refractivity contribution is -0.116. The molecule has 1 amide bonds. The molecule has 1 aromatic rings. The lowest BCUT2D eigenvalue weighted by Gasteiger charge is -2.33. The number of amides is 1. The molecule has 0 saturated carbocycles. The highest BCUT2D eigenvalue weighted by molar-refractivity contribution is 5.76. The number of carbonyl (C=O) groups excluding carboxylic acids is 2. The summed E-state index contributed by atoms with van der Waals surface area (Å²) in [6.45, 7) is 15.2. The van der Waals surface area contributed by atoms with Gasteiger partial charge in [0.2, 0.25) is 0 Å². The lowest BCUT2D eigenvalue weighted by atomic mass is 9.83. The number of methoxy groups -OCH3 is 1. The van der Waals surface area contributed by atoms with Gasteiger partial charge in [0.15, 0.2) is 0 Å². The first-order valence-electron chi connectivity index (χ1n) is 10.1. The third-order valence-electron chi connectivity index (χ3n) is 4.66. The molecule has 1 N–H and O–H groups in total. The Kier molecular flexibility index (Phi) is 8.69. The maximum atomic E-state index is 12.1. The van der Waals surface area contributed by atoms with Crippen LogP contribution in [0.5, 0.6) is 5.75 Å². The van der Waals surface area contributed by atoms with Crippen LogP contribution in [0.2, 0.25) is 0 Å². The van der Waals surface area contributed by atoms with Crippen molar-refractivity contribution in [3.05, 3.63) is 29.3 Å². The van der Waals surface area contributed by atoms with Gasteiger partial charge in [-0.2, -0.15) is 0 Å². The van der Waals surface area contributed by atoms with Crippen LogP contribution < -0.4 is 10.1 Å². The summed E-state index contributed by atoms with van der Waals surface area (Å²) < 4.78 is 16.9. The maximum absolute atomic E-state index is 12.1. The third kappa shape index (κ3) is 7.69. The van der Waals surface area contributed by atoms with E-state index in [0.29, 0.717) is 6.29 Å². The summed E-state index contributed by atoms with van der Waals surface area (Å²) in [6.07, 6.45) is -0.171.